The summed E-state index contributed by atoms with van der Waals surface area (Å²) in [5.74, 6) is 0. The van der Waals surface area contributed by atoms with Crippen LogP contribution in [0.1, 0.15) is 0 Å². The Labute approximate surface area is 43.1 Å². The largest absolute Gasteiger partial charge is 0.412 e. The summed E-state index contributed by atoms with van der Waals surface area (Å²) < 4.78 is 0. The molecule has 3 nitrogen and oxygen atoms in total. The van der Waals surface area contributed by atoms with Gasteiger partial charge in [0.1, 0.15) is 0 Å². The molecule has 3 radical (unpaired) electrons. The maximum absolute atomic E-state index is 0. The summed E-state index contributed by atoms with van der Waals surface area (Å²) in [6.45, 7) is 0. The third-order valence-corrected chi connectivity index (χ3v) is 0. The van der Waals surface area contributed by atoms with Gasteiger partial charge in [-0.05, 0) is 0 Å². The van der Waals surface area contributed by atoms with Crippen LogP contribution in [0.25, 0.3) is 0 Å². The van der Waals surface area contributed by atoms with E-state index in [1.54, 1.807) is 0 Å². The molecule has 0 rings (SSSR count). The van der Waals surface area contributed by atoms with E-state index in [-0.39, 0.29) is 42.6 Å². The zero-order chi connectivity index (χ0) is 0. The summed E-state index contributed by atoms with van der Waals surface area (Å²) in [6, 6.07) is 0. The van der Waals surface area contributed by atoms with Crippen LogP contribution in [0, 0.1) is 0 Å². The van der Waals surface area contributed by atoms with Crippen molar-refractivity contribution in [2.75, 3.05) is 0 Å². The van der Waals surface area contributed by atoms with Crippen LogP contribution in [0.15, 0.2) is 0 Å². The van der Waals surface area contributed by atoms with Gasteiger partial charge in [-0.2, -0.15) is 0 Å². The molecule has 4 heteroatoms. The van der Waals surface area contributed by atoms with Gasteiger partial charge in [-0.3, -0.25) is 0 Å². The maximum atomic E-state index is 0. The fourth-order valence-corrected chi connectivity index (χ4v) is 0. The fourth-order valence-electron chi connectivity index (χ4n) is 0. The molecule has 0 amide bonds. The van der Waals surface area contributed by atoms with Crippen molar-refractivity contribution in [2.24, 2.45) is 0 Å². The van der Waals surface area contributed by atoms with Gasteiger partial charge in [-0.1, -0.05) is 0 Å². The van der Waals surface area contributed by atoms with Gasteiger partial charge in [0.25, 0.3) is 0 Å². The minimum absolute atomic E-state index is 0. The van der Waals surface area contributed by atoms with Gasteiger partial charge in [-0.15, -0.1) is 0 Å². The average Bonchev–Trinajstić information content (AvgIpc) is 0. The van der Waals surface area contributed by atoms with Gasteiger partial charge in [0, 0.05) is 26.2 Å². The fraction of sp³-hybridized carbons (Fsp3) is 0. The first kappa shape index (κ1) is 116. The first-order valence-electron chi connectivity index (χ1n) is 0. The Hall–Kier alpha value is 0.763. The summed E-state index contributed by atoms with van der Waals surface area (Å²) >= 11 is 0. The first-order valence-corrected chi connectivity index (χ1v) is 0. The van der Waals surface area contributed by atoms with Crippen LogP contribution in [0.3, 0.4) is 0 Å². The Balaban J connectivity index is 0. The molecule has 0 heterocycles. The van der Waals surface area contributed by atoms with Gasteiger partial charge in [0.2, 0.25) is 0 Å². The van der Waals surface area contributed by atoms with Gasteiger partial charge in [0.15, 0.2) is 0 Å². The molecule has 0 atom stereocenters. The Morgan fingerprint density at radius 1 is 0.500 bits per heavy atom. The van der Waals surface area contributed by atoms with Crippen LogP contribution in [0.4, 0.5) is 0 Å². The minimum atomic E-state index is 0. The van der Waals surface area contributed by atoms with Crippen molar-refractivity contribution in [1.29, 1.82) is 0 Å². The van der Waals surface area contributed by atoms with E-state index >= 15 is 0 Å². The second-order valence-electron chi connectivity index (χ2n) is 0. The quantitative estimate of drug-likeness (QED) is 0.420. The van der Waals surface area contributed by atoms with E-state index in [2.05, 4.69) is 0 Å². The predicted molar refractivity (Wildman–Crippen MR) is 16.6 cm³/mol. The van der Waals surface area contributed by atoms with Crippen molar-refractivity contribution in [2.45, 2.75) is 0 Å². The molecular formula is H6BiO3. The summed E-state index contributed by atoms with van der Waals surface area (Å²) in [6.07, 6.45) is 0. The molecule has 6 N–H and O–H groups in total. The van der Waals surface area contributed by atoms with Crippen LogP contribution in [0.2, 0.25) is 0 Å². The smallest absolute Gasteiger partial charge is 0 e. The van der Waals surface area contributed by atoms with Crippen LogP contribution in [0.5, 0.6) is 0 Å². The molecule has 0 spiro atoms. The average molecular weight is 263 g/mol. The third-order valence-electron chi connectivity index (χ3n) is 0. The number of rotatable bonds is 0. The molecule has 0 aromatic rings. The molecule has 29 valence electrons. The second-order valence-corrected chi connectivity index (χ2v) is 0. The Morgan fingerprint density at radius 2 is 0.500 bits per heavy atom. The molecule has 0 aromatic heterocycles. The molecular weight excluding hydrogens is 257 g/mol. The molecule has 0 aromatic carbocycles. The maximum Gasteiger partial charge on any atom is 0 e. The van der Waals surface area contributed by atoms with E-state index in [9.17, 15) is 0 Å². The number of hydrogen-bond donors (Lipinski definition) is 0. The molecule has 0 bridgehead atoms. The summed E-state index contributed by atoms with van der Waals surface area (Å²) in [5, 5.41) is 0. The summed E-state index contributed by atoms with van der Waals surface area (Å²) in [4.78, 5) is 0. The van der Waals surface area contributed by atoms with Crippen LogP contribution >= 0.6 is 0 Å². The van der Waals surface area contributed by atoms with Gasteiger partial charge >= 0.3 is 0 Å². The molecule has 4 heavy (non-hydrogen) atoms. The molecule has 0 unspecified atom stereocenters. The molecule has 0 fully saturated rings. The second kappa shape index (κ2) is 49.3. The summed E-state index contributed by atoms with van der Waals surface area (Å²) in [5.41, 5.74) is 0. The minimum Gasteiger partial charge on any atom is -0.412 e. The Kier molecular flexibility index (Phi) is 1430. The first-order chi connectivity index (χ1) is 0. The zero-order valence-electron chi connectivity index (χ0n) is 1.95. The molecule has 0 aliphatic carbocycles. The van der Waals surface area contributed by atoms with Crippen molar-refractivity contribution in [3.05, 3.63) is 0 Å². The van der Waals surface area contributed by atoms with Crippen LogP contribution in [-0.4, -0.2) is 42.6 Å². The van der Waals surface area contributed by atoms with Gasteiger partial charge in [-0.25, -0.2) is 0 Å². The Morgan fingerprint density at radius 3 is 0.500 bits per heavy atom. The monoisotopic (exact) mass is 263 g/mol. The van der Waals surface area contributed by atoms with Gasteiger partial charge < -0.3 is 16.4 Å². The predicted octanol–water partition coefficient (Wildman–Crippen LogP) is -2.85. The van der Waals surface area contributed by atoms with Crippen molar-refractivity contribution >= 4 is 26.2 Å². The van der Waals surface area contributed by atoms with E-state index in [0.717, 1.165) is 0 Å². The van der Waals surface area contributed by atoms with E-state index in [0.29, 0.717) is 0 Å². The van der Waals surface area contributed by atoms with E-state index in [1.807, 2.05) is 0 Å². The van der Waals surface area contributed by atoms with Crippen molar-refractivity contribution in [3.63, 3.8) is 0 Å². The van der Waals surface area contributed by atoms with Crippen molar-refractivity contribution < 1.29 is 16.4 Å². The molecule has 0 saturated heterocycles. The standard InChI is InChI=1S/Bi.3H2O/h;3*1H2. The van der Waals surface area contributed by atoms with Crippen LogP contribution < -0.4 is 0 Å². The van der Waals surface area contributed by atoms with Crippen LogP contribution in [-0.2, 0) is 0 Å². The van der Waals surface area contributed by atoms with Gasteiger partial charge in [0.05, 0.1) is 0 Å². The van der Waals surface area contributed by atoms with Crippen molar-refractivity contribution in [3.8, 4) is 0 Å². The SMILES string of the molecule is O.O.O.[Bi]. The summed E-state index contributed by atoms with van der Waals surface area (Å²) in [7, 11) is 0. The normalized spacial score (nSPS) is 0. The van der Waals surface area contributed by atoms with E-state index in [4.69, 9.17) is 0 Å². The molecule has 0 saturated carbocycles. The Bertz CT molecular complexity index is 3.25. The molecule has 0 aliphatic rings. The number of hydrogen-bond acceptors (Lipinski definition) is 0. The zero-order valence-corrected chi connectivity index (χ0v) is 5.42. The molecule has 0 aliphatic heterocycles. The van der Waals surface area contributed by atoms with Crippen molar-refractivity contribution in [1.82, 2.24) is 0 Å². The third kappa shape index (κ3) is 14.7. The topological polar surface area (TPSA) is 94.5 Å². The van der Waals surface area contributed by atoms with E-state index in [1.165, 1.54) is 0 Å². The van der Waals surface area contributed by atoms with E-state index < -0.39 is 0 Å².